The number of carbonyl (C=O) groups is 1. The first-order valence-electron chi connectivity index (χ1n) is 11.1. The van der Waals surface area contributed by atoms with Gasteiger partial charge >= 0.3 is 0 Å². The van der Waals surface area contributed by atoms with Gasteiger partial charge in [-0.3, -0.25) is 9.69 Å². The number of amides is 1. The topological polar surface area (TPSA) is 75.4 Å². The van der Waals surface area contributed by atoms with Crippen molar-refractivity contribution in [1.82, 2.24) is 24.9 Å². The molecule has 0 unspecified atom stereocenters. The molecule has 1 saturated heterocycles. The van der Waals surface area contributed by atoms with Crippen LogP contribution in [0.25, 0.3) is 22.6 Å². The number of nitrogens with zero attached hydrogens (tertiary/aromatic N) is 5. The average Bonchev–Trinajstić information content (AvgIpc) is 3.50. The van der Waals surface area contributed by atoms with Crippen molar-refractivity contribution in [1.29, 1.82) is 0 Å². The fraction of sp³-hybridized carbons (Fsp3) is 0.280. The number of aryl methyl sites for hydroxylation is 1. The Bertz CT molecular complexity index is 1260. The fourth-order valence-electron chi connectivity index (χ4n) is 3.96. The molecule has 4 aromatic rings. The normalized spacial score (nSPS) is 14.5. The SMILES string of the molecule is Cc1nc(-c2ccc(CC(=O)N3CCN(Cc4nc(-c5ccc(Cl)cc5)no4)CC3)cc2)cs1. The van der Waals surface area contributed by atoms with Crippen LogP contribution >= 0.6 is 22.9 Å². The van der Waals surface area contributed by atoms with Gasteiger partial charge in [-0.15, -0.1) is 11.3 Å². The van der Waals surface area contributed by atoms with E-state index in [-0.39, 0.29) is 5.91 Å². The van der Waals surface area contributed by atoms with Crippen LogP contribution in [-0.4, -0.2) is 57.0 Å². The number of aromatic nitrogens is 3. The summed E-state index contributed by atoms with van der Waals surface area (Å²) in [6.45, 7) is 5.49. The van der Waals surface area contributed by atoms with Crippen molar-refractivity contribution in [3.05, 3.63) is 75.4 Å². The Hall–Kier alpha value is -3.07. The summed E-state index contributed by atoms with van der Waals surface area (Å²) < 4.78 is 5.43. The Kier molecular flexibility index (Phi) is 6.71. The Morgan fingerprint density at radius 1 is 1.00 bits per heavy atom. The number of rotatable bonds is 6. The Morgan fingerprint density at radius 2 is 1.71 bits per heavy atom. The third-order valence-corrected chi connectivity index (χ3v) is 6.90. The van der Waals surface area contributed by atoms with Crippen molar-refractivity contribution in [3.63, 3.8) is 0 Å². The third kappa shape index (κ3) is 5.35. The van der Waals surface area contributed by atoms with Crippen LogP contribution in [-0.2, 0) is 17.8 Å². The minimum absolute atomic E-state index is 0.153. The van der Waals surface area contributed by atoms with Crippen LogP contribution in [0.3, 0.4) is 0 Å². The van der Waals surface area contributed by atoms with E-state index < -0.39 is 0 Å². The van der Waals surface area contributed by atoms with Crippen molar-refractivity contribution in [2.75, 3.05) is 26.2 Å². The predicted molar refractivity (Wildman–Crippen MR) is 133 cm³/mol. The molecule has 1 aliphatic rings. The summed E-state index contributed by atoms with van der Waals surface area (Å²) in [6, 6.07) is 15.5. The van der Waals surface area contributed by atoms with Crippen LogP contribution in [0, 0.1) is 6.92 Å². The molecule has 34 heavy (non-hydrogen) atoms. The van der Waals surface area contributed by atoms with E-state index in [1.807, 2.05) is 48.2 Å². The molecule has 0 saturated carbocycles. The highest BCUT2D eigenvalue weighted by Gasteiger charge is 2.23. The zero-order chi connectivity index (χ0) is 23.5. The second kappa shape index (κ2) is 10.0. The molecule has 3 heterocycles. The van der Waals surface area contributed by atoms with E-state index in [9.17, 15) is 4.79 Å². The summed E-state index contributed by atoms with van der Waals surface area (Å²) in [6.07, 6.45) is 0.407. The molecule has 2 aromatic heterocycles. The lowest BCUT2D eigenvalue weighted by Crippen LogP contribution is -2.48. The number of carbonyl (C=O) groups excluding carboxylic acids is 1. The van der Waals surface area contributed by atoms with Crippen molar-refractivity contribution < 1.29 is 9.32 Å². The summed E-state index contributed by atoms with van der Waals surface area (Å²) in [7, 11) is 0. The van der Waals surface area contributed by atoms with E-state index in [0.717, 1.165) is 40.5 Å². The second-order valence-corrected chi connectivity index (χ2v) is 9.80. The van der Waals surface area contributed by atoms with Gasteiger partial charge in [-0.25, -0.2) is 4.98 Å². The van der Waals surface area contributed by atoms with Crippen LogP contribution in [0.5, 0.6) is 0 Å². The highest BCUT2D eigenvalue weighted by Crippen LogP contribution is 2.22. The third-order valence-electron chi connectivity index (χ3n) is 5.88. The first-order chi connectivity index (χ1) is 16.5. The van der Waals surface area contributed by atoms with Gasteiger partial charge < -0.3 is 9.42 Å². The van der Waals surface area contributed by atoms with Crippen LogP contribution in [0.4, 0.5) is 0 Å². The zero-order valence-corrected chi connectivity index (χ0v) is 20.3. The quantitative estimate of drug-likeness (QED) is 0.387. The zero-order valence-electron chi connectivity index (χ0n) is 18.8. The summed E-state index contributed by atoms with van der Waals surface area (Å²) in [5.41, 5.74) is 3.95. The molecular formula is C25H24ClN5O2S. The Balaban J connectivity index is 1.11. The molecule has 0 radical (unpaired) electrons. The summed E-state index contributed by atoms with van der Waals surface area (Å²) in [4.78, 5) is 26.0. The molecule has 1 aliphatic heterocycles. The maximum atomic E-state index is 12.8. The fourth-order valence-corrected chi connectivity index (χ4v) is 4.71. The van der Waals surface area contributed by atoms with E-state index >= 15 is 0 Å². The molecule has 7 nitrogen and oxygen atoms in total. The lowest BCUT2D eigenvalue weighted by Gasteiger charge is -2.34. The highest BCUT2D eigenvalue weighted by atomic mass is 35.5. The van der Waals surface area contributed by atoms with E-state index in [1.165, 1.54) is 0 Å². The molecule has 5 rings (SSSR count). The van der Waals surface area contributed by atoms with Gasteiger partial charge in [0.25, 0.3) is 0 Å². The maximum Gasteiger partial charge on any atom is 0.241 e. The molecule has 0 bridgehead atoms. The molecule has 0 atom stereocenters. The van der Waals surface area contributed by atoms with Gasteiger partial charge in [0.1, 0.15) is 0 Å². The van der Waals surface area contributed by atoms with Crippen LogP contribution < -0.4 is 0 Å². The molecule has 0 N–H and O–H groups in total. The number of halogens is 1. The molecule has 1 fully saturated rings. The number of hydrogen-bond acceptors (Lipinski definition) is 7. The Labute approximate surface area is 207 Å². The van der Waals surface area contributed by atoms with Crippen LogP contribution in [0.2, 0.25) is 5.02 Å². The van der Waals surface area contributed by atoms with E-state index in [4.69, 9.17) is 16.1 Å². The standard InChI is InChI=1S/C25H24ClN5O2S/c1-17-27-22(16-34-17)19-4-2-18(3-5-19)14-24(32)31-12-10-30(11-13-31)15-23-28-25(29-33-23)20-6-8-21(26)9-7-20/h2-9,16H,10-15H2,1H3. The largest absolute Gasteiger partial charge is 0.340 e. The van der Waals surface area contributed by atoms with E-state index in [2.05, 4.69) is 25.4 Å². The predicted octanol–water partition coefficient (Wildman–Crippen LogP) is 4.71. The van der Waals surface area contributed by atoms with Crippen molar-refractivity contribution in [3.8, 4) is 22.6 Å². The maximum absolute atomic E-state index is 12.8. The van der Waals surface area contributed by atoms with Gasteiger partial charge in [-0.05, 0) is 36.8 Å². The molecular weight excluding hydrogens is 470 g/mol. The van der Waals surface area contributed by atoms with Gasteiger partial charge in [0.15, 0.2) is 0 Å². The van der Waals surface area contributed by atoms with Gasteiger partial charge in [0, 0.05) is 47.7 Å². The van der Waals surface area contributed by atoms with E-state index in [0.29, 0.717) is 42.8 Å². The summed E-state index contributed by atoms with van der Waals surface area (Å²) in [5.74, 6) is 1.27. The lowest BCUT2D eigenvalue weighted by atomic mass is 10.1. The first kappa shape index (κ1) is 22.7. The van der Waals surface area contributed by atoms with Crippen molar-refractivity contribution >= 4 is 28.8 Å². The van der Waals surface area contributed by atoms with E-state index in [1.54, 1.807) is 23.5 Å². The van der Waals surface area contributed by atoms with Crippen molar-refractivity contribution in [2.45, 2.75) is 19.9 Å². The minimum Gasteiger partial charge on any atom is -0.340 e. The van der Waals surface area contributed by atoms with Gasteiger partial charge in [-0.2, -0.15) is 4.98 Å². The Morgan fingerprint density at radius 3 is 2.38 bits per heavy atom. The summed E-state index contributed by atoms with van der Waals surface area (Å²) in [5, 5.41) is 7.85. The van der Waals surface area contributed by atoms with Gasteiger partial charge in [0.2, 0.25) is 17.6 Å². The number of thiazole rings is 1. The van der Waals surface area contributed by atoms with Crippen molar-refractivity contribution in [2.24, 2.45) is 0 Å². The molecule has 174 valence electrons. The van der Waals surface area contributed by atoms with Crippen LogP contribution in [0.15, 0.2) is 58.4 Å². The molecule has 9 heteroatoms. The molecule has 0 aliphatic carbocycles. The lowest BCUT2D eigenvalue weighted by molar-refractivity contribution is -0.132. The highest BCUT2D eigenvalue weighted by molar-refractivity contribution is 7.09. The smallest absolute Gasteiger partial charge is 0.241 e. The average molecular weight is 494 g/mol. The first-order valence-corrected chi connectivity index (χ1v) is 12.4. The summed E-state index contributed by atoms with van der Waals surface area (Å²) >= 11 is 7.58. The monoisotopic (exact) mass is 493 g/mol. The second-order valence-electron chi connectivity index (χ2n) is 8.30. The number of piperazine rings is 1. The minimum atomic E-state index is 0.153. The van der Waals surface area contributed by atoms with Gasteiger partial charge in [-0.1, -0.05) is 41.0 Å². The molecule has 2 aromatic carbocycles. The number of benzene rings is 2. The van der Waals surface area contributed by atoms with Crippen LogP contribution in [0.1, 0.15) is 16.5 Å². The number of hydrogen-bond donors (Lipinski definition) is 0. The van der Waals surface area contributed by atoms with Gasteiger partial charge in [0.05, 0.1) is 23.7 Å². The molecule has 1 amide bonds. The molecule has 0 spiro atoms.